The van der Waals surface area contributed by atoms with Crippen LogP contribution in [-0.4, -0.2) is 21.0 Å². The van der Waals surface area contributed by atoms with Crippen molar-refractivity contribution in [1.29, 1.82) is 0 Å². The summed E-state index contributed by atoms with van der Waals surface area (Å²) < 4.78 is 28.0. The van der Waals surface area contributed by atoms with Crippen LogP contribution in [0.15, 0.2) is 24.4 Å². The number of hydrogen-bond acceptors (Lipinski definition) is 3. The summed E-state index contributed by atoms with van der Waals surface area (Å²) in [6.07, 6.45) is 2.49. The first-order chi connectivity index (χ1) is 8.56. The minimum Gasteiger partial charge on any atom is -0.327 e. The number of halogens is 2. The van der Waals surface area contributed by atoms with Gasteiger partial charge in [0, 0.05) is 25.7 Å². The van der Waals surface area contributed by atoms with E-state index in [9.17, 15) is 8.78 Å². The van der Waals surface area contributed by atoms with Gasteiger partial charge < -0.3 is 5.73 Å². The van der Waals surface area contributed by atoms with E-state index in [2.05, 4.69) is 10.3 Å². The molecule has 0 radical (unpaired) electrons. The third-order valence-electron chi connectivity index (χ3n) is 2.64. The molecule has 2 rings (SSSR count). The van der Waals surface area contributed by atoms with Gasteiger partial charge in [0.1, 0.15) is 0 Å². The fraction of sp³-hybridized carbons (Fsp3) is 0.333. The monoisotopic (exact) mass is 252 g/mol. The normalized spacial score (nSPS) is 12.7. The third kappa shape index (κ3) is 2.89. The first-order valence-electron chi connectivity index (χ1n) is 5.60. The van der Waals surface area contributed by atoms with Crippen molar-refractivity contribution in [2.75, 3.05) is 0 Å². The quantitative estimate of drug-likeness (QED) is 0.889. The van der Waals surface area contributed by atoms with Crippen molar-refractivity contribution in [3.63, 3.8) is 0 Å². The van der Waals surface area contributed by atoms with E-state index in [0.29, 0.717) is 6.42 Å². The van der Waals surface area contributed by atoms with Crippen LogP contribution in [0.3, 0.4) is 0 Å². The molecule has 96 valence electrons. The number of aromatic nitrogens is 3. The number of aryl methyl sites for hydroxylation is 1. The lowest BCUT2D eigenvalue weighted by atomic mass is 10.0. The Hall–Kier alpha value is -1.82. The molecular weight excluding hydrogens is 238 g/mol. The molecule has 1 unspecified atom stereocenters. The second-order valence-corrected chi connectivity index (χ2v) is 4.26. The van der Waals surface area contributed by atoms with Crippen LogP contribution in [0.2, 0.25) is 0 Å². The first kappa shape index (κ1) is 12.6. The topological polar surface area (TPSA) is 56.7 Å². The zero-order valence-corrected chi connectivity index (χ0v) is 9.98. The molecule has 0 aliphatic rings. The van der Waals surface area contributed by atoms with E-state index < -0.39 is 11.6 Å². The standard InChI is InChI=1S/C12H14F2N4/c1-18-7-10(16-17-18)6-9(15)5-8-3-2-4-11(13)12(8)14/h2-4,7,9H,5-6,15H2,1H3. The lowest BCUT2D eigenvalue weighted by molar-refractivity contribution is 0.492. The Morgan fingerprint density at radius 3 is 2.78 bits per heavy atom. The minimum absolute atomic E-state index is 0.264. The molecule has 0 saturated carbocycles. The van der Waals surface area contributed by atoms with E-state index in [1.165, 1.54) is 12.1 Å². The lowest BCUT2D eigenvalue weighted by Crippen LogP contribution is -2.26. The second-order valence-electron chi connectivity index (χ2n) is 4.26. The van der Waals surface area contributed by atoms with E-state index in [-0.39, 0.29) is 18.0 Å². The molecule has 1 aromatic carbocycles. The van der Waals surface area contributed by atoms with Crippen LogP contribution in [-0.2, 0) is 19.9 Å². The molecule has 0 amide bonds. The summed E-state index contributed by atoms with van der Waals surface area (Å²) in [5.74, 6) is -1.67. The second kappa shape index (κ2) is 5.22. The van der Waals surface area contributed by atoms with Crippen molar-refractivity contribution in [3.8, 4) is 0 Å². The summed E-state index contributed by atoms with van der Waals surface area (Å²) in [7, 11) is 1.76. The minimum atomic E-state index is -0.848. The summed E-state index contributed by atoms with van der Waals surface area (Å²) in [4.78, 5) is 0. The Labute approximate surface area is 103 Å². The molecule has 4 nitrogen and oxygen atoms in total. The van der Waals surface area contributed by atoms with Gasteiger partial charge in [0.2, 0.25) is 0 Å². The fourth-order valence-electron chi connectivity index (χ4n) is 1.82. The summed E-state index contributed by atoms with van der Waals surface area (Å²) in [5, 5.41) is 7.69. The molecule has 0 spiro atoms. The van der Waals surface area contributed by atoms with Crippen LogP contribution in [0.25, 0.3) is 0 Å². The first-order valence-corrected chi connectivity index (χ1v) is 5.60. The number of nitrogens with two attached hydrogens (primary N) is 1. The van der Waals surface area contributed by atoms with Crippen molar-refractivity contribution in [1.82, 2.24) is 15.0 Å². The van der Waals surface area contributed by atoms with Crippen molar-refractivity contribution in [2.45, 2.75) is 18.9 Å². The lowest BCUT2D eigenvalue weighted by Gasteiger charge is -2.10. The highest BCUT2D eigenvalue weighted by molar-refractivity contribution is 5.20. The number of benzene rings is 1. The molecule has 18 heavy (non-hydrogen) atoms. The Morgan fingerprint density at radius 1 is 1.33 bits per heavy atom. The highest BCUT2D eigenvalue weighted by Gasteiger charge is 2.13. The van der Waals surface area contributed by atoms with Gasteiger partial charge in [-0.25, -0.2) is 8.78 Å². The largest absolute Gasteiger partial charge is 0.327 e. The van der Waals surface area contributed by atoms with Crippen molar-refractivity contribution in [2.24, 2.45) is 12.8 Å². The zero-order chi connectivity index (χ0) is 13.1. The molecule has 6 heteroatoms. The maximum Gasteiger partial charge on any atom is 0.162 e. The molecule has 1 atom stereocenters. The summed E-state index contributed by atoms with van der Waals surface area (Å²) in [6, 6.07) is 3.78. The summed E-state index contributed by atoms with van der Waals surface area (Å²) in [5.41, 5.74) is 6.92. The molecule has 2 N–H and O–H groups in total. The van der Waals surface area contributed by atoms with Crippen molar-refractivity contribution < 1.29 is 8.78 Å². The SMILES string of the molecule is Cn1cc(CC(N)Cc2cccc(F)c2F)nn1. The summed E-state index contributed by atoms with van der Waals surface area (Å²) in [6.45, 7) is 0. The smallest absolute Gasteiger partial charge is 0.162 e. The predicted octanol–water partition coefficient (Wildman–Crippen LogP) is 1.21. The van der Waals surface area contributed by atoms with Crippen LogP contribution in [0.1, 0.15) is 11.3 Å². The average Bonchev–Trinajstić information content (AvgIpc) is 2.70. The average molecular weight is 252 g/mol. The third-order valence-corrected chi connectivity index (χ3v) is 2.64. The number of nitrogens with zero attached hydrogens (tertiary/aromatic N) is 3. The molecule has 0 aliphatic heterocycles. The van der Waals surface area contributed by atoms with E-state index in [0.717, 1.165) is 11.8 Å². The Morgan fingerprint density at radius 2 is 2.11 bits per heavy atom. The summed E-state index contributed by atoms with van der Waals surface area (Å²) >= 11 is 0. The van der Waals surface area contributed by atoms with Gasteiger partial charge in [-0.15, -0.1) is 5.10 Å². The maximum absolute atomic E-state index is 13.4. The molecule has 2 aromatic rings. The van der Waals surface area contributed by atoms with Gasteiger partial charge in [-0.1, -0.05) is 17.3 Å². The van der Waals surface area contributed by atoms with E-state index in [1.807, 2.05) is 0 Å². The molecule has 1 aromatic heterocycles. The van der Waals surface area contributed by atoms with Crippen molar-refractivity contribution in [3.05, 3.63) is 47.3 Å². The molecule has 0 aliphatic carbocycles. The van der Waals surface area contributed by atoms with E-state index in [1.54, 1.807) is 17.9 Å². The van der Waals surface area contributed by atoms with Gasteiger partial charge in [-0.2, -0.15) is 0 Å². The molecule has 0 bridgehead atoms. The highest BCUT2D eigenvalue weighted by atomic mass is 19.2. The van der Waals surface area contributed by atoms with Gasteiger partial charge in [0.15, 0.2) is 11.6 Å². The van der Waals surface area contributed by atoms with Crippen molar-refractivity contribution >= 4 is 0 Å². The molecule has 1 heterocycles. The van der Waals surface area contributed by atoms with Gasteiger partial charge in [-0.05, 0) is 18.1 Å². The molecule has 0 saturated heterocycles. The van der Waals surface area contributed by atoms with Gasteiger partial charge in [0.25, 0.3) is 0 Å². The highest BCUT2D eigenvalue weighted by Crippen LogP contribution is 2.13. The number of hydrogen-bond donors (Lipinski definition) is 1. The zero-order valence-electron chi connectivity index (χ0n) is 9.98. The molecule has 0 fully saturated rings. The Balaban J connectivity index is 2.03. The van der Waals surface area contributed by atoms with Gasteiger partial charge in [-0.3, -0.25) is 4.68 Å². The molecular formula is C12H14F2N4. The van der Waals surface area contributed by atoms with Crippen LogP contribution >= 0.6 is 0 Å². The predicted molar refractivity (Wildman–Crippen MR) is 62.7 cm³/mol. The van der Waals surface area contributed by atoms with Crippen LogP contribution < -0.4 is 5.73 Å². The van der Waals surface area contributed by atoms with Crippen LogP contribution in [0, 0.1) is 11.6 Å². The van der Waals surface area contributed by atoms with E-state index in [4.69, 9.17) is 5.73 Å². The van der Waals surface area contributed by atoms with Gasteiger partial charge in [0.05, 0.1) is 5.69 Å². The fourth-order valence-corrected chi connectivity index (χ4v) is 1.82. The van der Waals surface area contributed by atoms with Crippen LogP contribution in [0.5, 0.6) is 0 Å². The maximum atomic E-state index is 13.4. The van der Waals surface area contributed by atoms with Gasteiger partial charge >= 0.3 is 0 Å². The Bertz CT molecular complexity index is 539. The number of rotatable bonds is 4. The van der Waals surface area contributed by atoms with Crippen LogP contribution in [0.4, 0.5) is 8.78 Å². The Kier molecular flexibility index (Phi) is 3.66. The van der Waals surface area contributed by atoms with E-state index >= 15 is 0 Å².